The second-order valence-electron chi connectivity index (χ2n) is 6.60. The lowest BCUT2D eigenvalue weighted by Crippen LogP contribution is -2.48. The van der Waals surface area contributed by atoms with Crippen LogP contribution < -0.4 is 10.6 Å². The lowest BCUT2D eigenvalue weighted by Gasteiger charge is -2.25. The molecule has 8 nitrogen and oxygen atoms in total. The summed E-state index contributed by atoms with van der Waals surface area (Å²) in [6.07, 6.45) is 4.43. The molecule has 0 fully saturated rings. The predicted octanol–water partition coefficient (Wildman–Crippen LogP) is 1.25. The lowest BCUT2D eigenvalue weighted by atomic mass is 10.1. The van der Waals surface area contributed by atoms with Crippen LogP contribution in [0.15, 0.2) is 4.99 Å². The molecule has 0 aliphatic carbocycles. The Morgan fingerprint density at radius 1 is 1.42 bits per heavy atom. The number of unbranched alkanes of at least 4 members (excludes halogenated alkanes) is 1. The first kappa shape index (κ1) is 23.1. The van der Waals surface area contributed by atoms with E-state index in [-0.39, 0.29) is 24.0 Å². The van der Waals surface area contributed by atoms with E-state index in [1.807, 2.05) is 11.7 Å². The molecule has 1 aromatic rings. The molecule has 1 atom stereocenters. The van der Waals surface area contributed by atoms with Crippen molar-refractivity contribution in [2.45, 2.75) is 51.8 Å². The van der Waals surface area contributed by atoms with Crippen LogP contribution in [0.4, 0.5) is 0 Å². The molecule has 9 heteroatoms. The van der Waals surface area contributed by atoms with Crippen LogP contribution in [0.2, 0.25) is 0 Å². The van der Waals surface area contributed by atoms with Crippen LogP contribution in [-0.2, 0) is 24.3 Å². The van der Waals surface area contributed by atoms with Gasteiger partial charge in [-0.2, -0.15) is 5.10 Å². The lowest BCUT2D eigenvalue weighted by molar-refractivity contribution is 0.177. The summed E-state index contributed by atoms with van der Waals surface area (Å²) >= 11 is 0. The molecule has 0 radical (unpaired) electrons. The highest BCUT2D eigenvalue weighted by Crippen LogP contribution is 2.13. The quantitative estimate of drug-likeness (QED) is 0.316. The molecule has 0 saturated carbocycles. The molecular weight excluding hydrogens is 445 g/mol. The molecule has 1 aromatic heterocycles. The number of halogens is 1. The van der Waals surface area contributed by atoms with Gasteiger partial charge in [0.15, 0.2) is 11.8 Å². The predicted molar refractivity (Wildman–Crippen MR) is 115 cm³/mol. The van der Waals surface area contributed by atoms with E-state index in [1.165, 1.54) is 12.8 Å². The van der Waals surface area contributed by atoms with E-state index in [1.54, 1.807) is 7.11 Å². The summed E-state index contributed by atoms with van der Waals surface area (Å²) in [5.74, 6) is 2.66. The maximum atomic E-state index is 5.12. The van der Waals surface area contributed by atoms with Gasteiger partial charge in [0.1, 0.15) is 12.4 Å². The fourth-order valence-electron chi connectivity index (χ4n) is 2.96. The number of aromatic nitrogens is 3. The summed E-state index contributed by atoms with van der Waals surface area (Å²) in [5.41, 5.74) is 0. The van der Waals surface area contributed by atoms with Crippen molar-refractivity contribution in [2.24, 2.45) is 4.99 Å². The standard InChI is InChI=1S/C17H33N7O.HI/c1-5-6-10-23(3)11-9-19-17(18-2)20-14-7-8-16-21-15(13-25-4)22-24(16)12-14;/h14H,5-13H2,1-4H3,(H2,18,19,20);1H. The van der Waals surface area contributed by atoms with E-state index < -0.39 is 0 Å². The van der Waals surface area contributed by atoms with Gasteiger partial charge in [0.2, 0.25) is 0 Å². The van der Waals surface area contributed by atoms with Gasteiger partial charge in [-0.1, -0.05) is 13.3 Å². The molecule has 0 aromatic carbocycles. The van der Waals surface area contributed by atoms with E-state index in [0.29, 0.717) is 12.6 Å². The van der Waals surface area contributed by atoms with Gasteiger partial charge < -0.3 is 20.3 Å². The fourth-order valence-corrected chi connectivity index (χ4v) is 2.96. The summed E-state index contributed by atoms with van der Waals surface area (Å²) in [6, 6.07) is 0.314. The van der Waals surface area contributed by atoms with Gasteiger partial charge in [0, 0.05) is 39.7 Å². The van der Waals surface area contributed by atoms with Crippen molar-refractivity contribution >= 4 is 29.9 Å². The van der Waals surface area contributed by atoms with Crippen LogP contribution in [0.5, 0.6) is 0 Å². The summed E-state index contributed by atoms with van der Waals surface area (Å²) in [6.45, 7) is 6.54. The average Bonchev–Trinajstić information content (AvgIpc) is 3.01. The van der Waals surface area contributed by atoms with Crippen molar-refractivity contribution in [1.82, 2.24) is 30.3 Å². The summed E-state index contributed by atoms with van der Waals surface area (Å²) < 4.78 is 7.10. The molecule has 150 valence electrons. The second kappa shape index (κ2) is 12.4. The zero-order chi connectivity index (χ0) is 18.1. The molecule has 0 saturated heterocycles. The molecule has 26 heavy (non-hydrogen) atoms. The Kier molecular flexibility index (Phi) is 11.1. The SMILES string of the molecule is CCCCN(C)CCNC(=NC)NC1CCc2nc(COC)nn2C1.I. The number of nitrogens with one attached hydrogen (secondary N) is 2. The van der Waals surface area contributed by atoms with E-state index in [9.17, 15) is 0 Å². The highest BCUT2D eigenvalue weighted by Gasteiger charge is 2.22. The normalized spacial score (nSPS) is 17.0. The fraction of sp³-hybridized carbons (Fsp3) is 0.824. The van der Waals surface area contributed by atoms with Crippen molar-refractivity contribution in [3.05, 3.63) is 11.6 Å². The van der Waals surface area contributed by atoms with Gasteiger partial charge in [-0.3, -0.25) is 4.99 Å². The number of aryl methyl sites for hydroxylation is 1. The number of hydrogen-bond donors (Lipinski definition) is 2. The number of aliphatic imine (C=N–C) groups is 1. The third-order valence-corrected chi connectivity index (χ3v) is 4.42. The smallest absolute Gasteiger partial charge is 0.191 e. The number of hydrogen-bond acceptors (Lipinski definition) is 5. The number of methoxy groups -OCH3 is 1. The Balaban J connectivity index is 0.00000338. The molecule has 0 amide bonds. The van der Waals surface area contributed by atoms with Crippen molar-refractivity contribution in [3.63, 3.8) is 0 Å². The second-order valence-corrected chi connectivity index (χ2v) is 6.60. The minimum atomic E-state index is 0. The minimum absolute atomic E-state index is 0. The van der Waals surface area contributed by atoms with Crippen LogP contribution in [0.25, 0.3) is 0 Å². The van der Waals surface area contributed by atoms with Crippen LogP contribution in [-0.4, -0.2) is 72.5 Å². The van der Waals surface area contributed by atoms with Gasteiger partial charge in [0.05, 0.1) is 6.54 Å². The van der Waals surface area contributed by atoms with E-state index in [4.69, 9.17) is 4.74 Å². The van der Waals surface area contributed by atoms with E-state index in [2.05, 4.69) is 44.6 Å². The molecule has 2 heterocycles. The van der Waals surface area contributed by atoms with Gasteiger partial charge in [-0.15, -0.1) is 24.0 Å². The number of guanidine groups is 1. The first-order valence-electron chi connectivity index (χ1n) is 9.23. The summed E-state index contributed by atoms with van der Waals surface area (Å²) in [7, 11) is 5.65. The number of nitrogens with zero attached hydrogens (tertiary/aromatic N) is 5. The third kappa shape index (κ3) is 7.36. The van der Waals surface area contributed by atoms with E-state index >= 15 is 0 Å². The molecule has 0 bridgehead atoms. The Hall–Kier alpha value is -0.940. The van der Waals surface area contributed by atoms with Crippen LogP contribution in [0, 0.1) is 0 Å². The maximum absolute atomic E-state index is 5.12. The van der Waals surface area contributed by atoms with Crippen molar-refractivity contribution in [3.8, 4) is 0 Å². The number of ether oxygens (including phenoxy) is 1. The Morgan fingerprint density at radius 2 is 2.23 bits per heavy atom. The van der Waals surface area contributed by atoms with Crippen LogP contribution in [0.3, 0.4) is 0 Å². The summed E-state index contributed by atoms with van der Waals surface area (Å²) in [4.78, 5) is 11.2. The van der Waals surface area contributed by atoms with Gasteiger partial charge in [-0.05, 0) is 26.4 Å². The largest absolute Gasteiger partial charge is 0.377 e. The average molecular weight is 479 g/mol. The van der Waals surface area contributed by atoms with Crippen molar-refractivity contribution in [2.75, 3.05) is 40.8 Å². The molecule has 0 spiro atoms. The zero-order valence-corrected chi connectivity index (χ0v) is 18.8. The van der Waals surface area contributed by atoms with Crippen molar-refractivity contribution in [1.29, 1.82) is 0 Å². The molecule has 2 rings (SSSR count). The topological polar surface area (TPSA) is 79.6 Å². The Morgan fingerprint density at radius 3 is 2.92 bits per heavy atom. The molecule has 1 aliphatic rings. The zero-order valence-electron chi connectivity index (χ0n) is 16.5. The Labute approximate surface area is 174 Å². The molecular formula is C17H34IN7O. The van der Waals surface area contributed by atoms with E-state index in [0.717, 1.165) is 56.6 Å². The first-order chi connectivity index (χ1) is 12.2. The van der Waals surface area contributed by atoms with Gasteiger partial charge in [-0.25, -0.2) is 9.67 Å². The number of likely N-dealkylation sites (N-methyl/N-ethyl adjacent to an activating group) is 1. The van der Waals surface area contributed by atoms with Crippen LogP contribution in [0.1, 0.15) is 37.8 Å². The first-order valence-corrected chi connectivity index (χ1v) is 9.23. The Bertz CT molecular complexity index is 549. The maximum Gasteiger partial charge on any atom is 0.191 e. The molecule has 1 unspecified atom stereocenters. The molecule has 1 aliphatic heterocycles. The van der Waals surface area contributed by atoms with Gasteiger partial charge in [0.25, 0.3) is 0 Å². The summed E-state index contributed by atoms with van der Waals surface area (Å²) in [5, 5.41) is 11.4. The van der Waals surface area contributed by atoms with Crippen LogP contribution >= 0.6 is 24.0 Å². The molecule has 2 N–H and O–H groups in total. The number of fused-ring (bicyclic) bond motifs is 1. The van der Waals surface area contributed by atoms with Crippen molar-refractivity contribution < 1.29 is 4.74 Å². The number of rotatable bonds is 9. The van der Waals surface area contributed by atoms with Gasteiger partial charge >= 0.3 is 0 Å². The minimum Gasteiger partial charge on any atom is -0.377 e. The highest BCUT2D eigenvalue weighted by atomic mass is 127. The monoisotopic (exact) mass is 479 g/mol. The third-order valence-electron chi connectivity index (χ3n) is 4.42. The highest BCUT2D eigenvalue weighted by molar-refractivity contribution is 14.0.